The van der Waals surface area contributed by atoms with Crippen LogP contribution < -0.4 is 5.73 Å². The number of benzene rings is 3. The third-order valence-corrected chi connectivity index (χ3v) is 7.12. The summed E-state index contributed by atoms with van der Waals surface area (Å²) >= 11 is 6.50. The lowest BCUT2D eigenvalue weighted by Gasteiger charge is -2.34. The molecule has 1 unspecified atom stereocenters. The number of aryl methyl sites for hydroxylation is 2. The van der Waals surface area contributed by atoms with Crippen LogP contribution in [0.2, 0.25) is 5.02 Å². The molecule has 1 aromatic heterocycles. The van der Waals surface area contributed by atoms with Crippen molar-refractivity contribution >= 4 is 28.5 Å². The van der Waals surface area contributed by atoms with Crippen molar-refractivity contribution in [1.29, 1.82) is 0 Å². The Hall–Kier alpha value is -3.15. The number of rotatable bonds is 9. The van der Waals surface area contributed by atoms with E-state index in [2.05, 4.69) is 30.5 Å². The van der Waals surface area contributed by atoms with E-state index in [0.717, 1.165) is 28.0 Å². The van der Waals surface area contributed by atoms with E-state index in [1.165, 1.54) is 5.56 Å². The van der Waals surface area contributed by atoms with Crippen molar-refractivity contribution < 1.29 is 4.79 Å². The van der Waals surface area contributed by atoms with Gasteiger partial charge in [-0.2, -0.15) is 0 Å². The molecule has 0 bridgehead atoms. The minimum atomic E-state index is -0.236. The highest BCUT2D eigenvalue weighted by Gasteiger charge is 2.33. The molecule has 0 saturated carbocycles. The van der Waals surface area contributed by atoms with E-state index >= 15 is 0 Å². The molecule has 6 heteroatoms. The number of amides is 1. The summed E-state index contributed by atoms with van der Waals surface area (Å²) in [6.07, 6.45) is 0.713. The minimum absolute atomic E-state index is 0.00442. The molecule has 36 heavy (non-hydrogen) atoms. The third-order valence-electron chi connectivity index (χ3n) is 6.72. The van der Waals surface area contributed by atoms with E-state index in [-0.39, 0.29) is 17.9 Å². The number of hydrogen-bond donors (Lipinski definition) is 1. The normalized spacial score (nSPS) is 12.3. The third kappa shape index (κ3) is 5.32. The first-order valence-electron chi connectivity index (χ1n) is 12.6. The molecule has 188 valence electrons. The van der Waals surface area contributed by atoms with Crippen molar-refractivity contribution in [3.63, 3.8) is 0 Å². The van der Waals surface area contributed by atoms with Gasteiger partial charge in [0.15, 0.2) is 0 Å². The van der Waals surface area contributed by atoms with Crippen molar-refractivity contribution in [3.05, 3.63) is 99.8 Å². The molecule has 1 heterocycles. The Balaban J connectivity index is 1.89. The summed E-state index contributed by atoms with van der Waals surface area (Å²) in [5, 5.41) is 0.690. The fraction of sp³-hybridized carbons (Fsp3) is 0.333. The Morgan fingerprint density at radius 1 is 1.03 bits per heavy atom. The number of nitrogens with two attached hydrogens (primary N) is 1. The fourth-order valence-corrected chi connectivity index (χ4v) is 4.92. The van der Waals surface area contributed by atoms with E-state index in [1.54, 1.807) is 0 Å². The van der Waals surface area contributed by atoms with E-state index in [4.69, 9.17) is 22.3 Å². The molecule has 0 aliphatic carbocycles. The van der Waals surface area contributed by atoms with Crippen LogP contribution in [0, 0.1) is 19.8 Å². The SMILES string of the molecule is Cc1ccc(C(=O)N(CCCN)C(c2nc3c(C)c(Cl)ccc3n2Cc2ccccc2)C(C)C)cc1. The first-order chi connectivity index (χ1) is 17.3. The van der Waals surface area contributed by atoms with Crippen molar-refractivity contribution in [2.45, 2.75) is 46.7 Å². The van der Waals surface area contributed by atoms with Gasteiger partial charge in [0, 0.05) is 23.7 Å². The van der Waals surface area contributed by atoms with Gasteiger partial charge in [-0.3, -0.25) is 4.79 Å². The van der Waals surface area contributed by atoms with Gasteiger partial charge in [-0.1, -0.05) is 73.5 Å². The number of fused-ring (bicyclic) bond motifs is 1. The number of imidazole rings is 1. The molecule has 0 saturated heterocycles. The van der Waals surface area contributed by atoms with Gasteiger partial charge in [-0.25, -0.2) is 4.98 Å². The highest BCUT2D eigenvalue weighted by Crippen LogP contribution is 2.35. The molecule has 3 aromatic carbocycles. The van der Waals surface area contributed by atoms with Gasteiger partial charge >= 0.3 is 0 Å². The topological polar surface area (TPSA) is 64.2 Å². The first-order valence-corrected chi connectivity index (χ1v) is 13.0. The summed E-state index contributed by atoms with van der Waals surface area (Å²) in [4.78, 5) is 21.0. The van der Waals surface area contributed by atoms with Gasteiger partial charge in [0.25, 0.3) is 5.91 Å². The Kier molecular flexibility index (Phi) is 8.12. The first kappa shape index (κ1) is 25.9. The summed E-state index contributed by atoms with van der Waals surface area (Å²) in [5.41, 5.74) is 11.7. The lowest BCUT2D eigenvalue weighted by atomic mass is 9.99. The van der Waals surface area contributed by atoms with Crippen LogP contribution in [0.1, 0.15) is 59.2 Å². The molecule has 5 nitrogen and oxygen atoms in total. The van der Waals surface area contributed by atoms with Crippen LogP contribution in [0.25, 0.3) is 11.0 Å². The molecule has 0 spiro atoms. The van der Waals surface area contributed by atoms with Crippen LogP contribution >= 0.6 is 11.6 Å². The number of halogens is 1. The summed E-state index contributed by atoms with van der Waals surface area (Å²) in [7, 11) is 0. The summed E-state index contributed by atoms with van der Waals surface area (Å²) < 4.78 is 2.25. The molecule has 0 fully saturated rings. The Morgan fingerprint density at radius 3 is 2.36 bits per heavy atom. The molecular weight excluding hydrogens is 468 g/mol. The molecule has 0 aliphatic rings. The van der Waals surface area contributed by atoms with Crippen molar-refractivity contribution in [2.75, 3.05) is 13.1 Å². The minimum Gasteiger partial charge on any atom is -0.330 e. The largest absolute Gasteiger partial charge is 0.330 e. The zero-order valence-electron chi connectivity index (χ0n) is 21.5. The van der Waals surface area contributed by atoms with Crippen molar-refractivity contribution in [1.82, 2.24) is 14.5 Å². The predicted octanol–water partition coefficient (Wildman–Crippen LogP) is 6.54. The quantitative estimate of drug-likeness (QED) is 0.282. The van der Waals surface area contributed by atoms with Gasteiger partial charge in [0.2, 0.25) is 0 Å². The van der Waals surface area contributed by atoms with Crippen LogP contribution in [-0.4, -0.2) is 33.4 Å². The highest BCUT2D eigenvalue weighted by molar-refractivity contribution is 6.32. The Bertz CT molecular complexity index is 1330. The molecule has 0 aliphatic heterocycles. The molecule has 4 rings (SSSR count). The van der Waals surface area contributed by atoms with Gasteiger partial charge in [-0.15, -0.1) is 0 Å². The van der Waals surface area contributed by atoms with E-state index in [1.807, 2.05) is 73.3 Å². The van der Waals surface area contributed by atoms with E-state index in [0.29, 0.717) is 36.6 Å². The second-order valence-electron chi connectivity index (χ2n) is 9.78. The zero-order chi connectivity index (χ0) is 25.8. The summed E-state index contributed by atoms with van der Waals surface area (Å²) in [6, 6.07) is 21.8. The number of carbonyl (C=O) groups is 1. The number of aromatic nitrogens is 2. The van der Waals surface area contributed by atoms with Gasteiger partial charge in [0.05, 0.1) is 17.1 Å². The summed E-state index contributed by atoms with van der Waals surface area (Å²) in [5.74, 6) is 0.987. The van der Waals surface area contributed by atoms with Crippen LogP contribution in [0.4, 0.5) is 0 Å². The number of hydrogen-bond acceptors (Lipinski definition) is 3. The Labute approximate surface area is 218 Å². The van der Waals surface area contributed by atoms with Gasteiger partial charge in [0.1, 0.15) is 5.82 Å². The second kappa shape index (κ2) is 11.3. The van der Waals surface area contributed by atoms with Crippen LogP contribution in [0.3, 0.4) is 0 Å². The lowest BCUT2D eigenvalue weighted by molar-refractivity contribution is 0.0605. The maximum Gasteiger partial charge on any atom is 0.254 e. The standard InChI is InChI=1S/C30H35ClN4O/c1-20(2)28(34(18-8-17-32)30(36)24-13-11-21(3)12-14-24)29-33-27-22(4)25(31)15-16-26(27)35(29)19-23-9-6-5-7-10-23/h5-7,9-16,20,28H,8,17-19,32H2,1-4H3. The smallest absolute Gasteiger partial charge is 0.254 e. The number of carbonyl (C=O) groups excluding carboxylic acids is 1. The monoisotopic (exact) mass is 502 g/mol. The van der Waals surface area contributed by atoms with Gasteiger partial charge < -0.3 is 15.2 Å². The Morgan fingerprint density at radius 2 is 1.72 bits per heavy atom. The molecule has 1 amide bonds. The molecular formula is C30H35ClN4O. The van der Waals surface area contributed by atoms with Gasteiger partial charge in [-0.05, 0) is 68.1 Å². The maximum absolute atomic E-state index is 13.9. The zero-order valence-corrected chi connectivity index (χ0v) is 22.3. The molecule has 4 aromatic rings. The molecule has 0 radical (unpaired) electrons. The van der Waals surface area contributed by atoms with E-state index < -0.39 is 0 Å². The van der Waals surface area contributed by atoms with Crippen LogP contribution in [-0.2, 0) is 6.54 Å². The van der Waals surface area contributed by atoms with Crippen molar-refractivity contribution in [3.8, 4) is 0 Å². The molecule has 2 N–H and O–H groups in total. The maximum atomic E-state index is 13.9. The number of nitrogens with zero attached hydrogens (tertiary/aromatic N) is 3. The van der Waals surface area contributed by atoms with Crippen LogP contribution in [0.5, 0.6) is 0 Å². The van der Waals surface area contributed by atoms with Crippen LogP contribution in [0.15, 0.2) is 66.7 Å². The molecule has 1 atom stereocenters. The lowest BCUT2D eigenvalue weighted by Crippen LogP contribution is -2.40. The average Bonchev–Trinajstić information content (AvgIpc) is 3.22. The van der Waals surface area contributed by atoms with E-state index in [9.17, 15) is 4.79 Å². The fourth-order valence-electron chi connectivity index (χ4n) is 4.76. The average molecular weight is 503 g/mol. The highest BCUT2D eigenvalue weighted by atomic mass is 35.5. The van der Waals surface area contributed by atoms with Crippen molar-refractivity contribution in [2.24, 2.45) is 11.7 Å². The predicted molar refractivity (Wildman–Crippen MR) is 148 cm³/mol. The summed E-state index contributed by atoms with van der Waals surface area (Å²) in [6.45, 7) is 10.0. The second-order valence-corrected chi connectivity index (χ2v) is 10.2.